The highest BCUT2D eigenvalue weighted by atomic mass is 79.9. The minimum Gasteiger partial charge on any atom is -0.345 e. The Kier molecular flexibility index (Phi) is 6.12. The third kappa shape index (κ3) is 3.48. The first kappa shape index (κ1) is 16.4. The molecule has 3 nitrogen and oxygen atoms in total. The van der Waals surface area contributed by atoms with Gasteiger partial charge in [0.2, 0.25) is 0 Å². The lowest BCUT2D eigenvalue weighted by molar-refractivity contribution is 0.0903. The number of halogens is 3. The van der Waals surface area contributed by atoms with Crippen molar-refractivity contribution in [3.8, 4) is 0 Å². The van der Waals surface area contributed by atoms with Gasteiger partial charge in [0.05, 0.1) is 18.7 Å². The van der Waals surface area contributed by atoms with Crippen molar-refractivity contribution in [2.45, 2.75) is 31.2 Å². The van der Waals surface area contributed by atoms with Crippen molar-refractivity contribution in [2.24, 2.45) is 5.73 Å². The molecule has 1 aliphatic carbocycles. The zero-order valence-electron chi connectivity index (χ0n) is 9.67. The average Bonchev–Trinajstić information content (AvgIpc) is 2.86. The van der Waals surface area contributed by atoms with E-state index in [-0.39, 0.29) is 23.9 Å². The molecule has 2 rings (SSSR count). The zero-order chi connectivity index (χ0) is 12.5. The molecule has 1 saturated carbocycles. The minimum absolute atomic E-state index is 0. The number of rotatable bonds is 3. The first-order valence-electron chi connectivity index (χ1n) is 5.54. The third-order valence-corrected chi connectivity index (χ3v) is 5.57. The normalized spacial score (nSPS) is 17.3. The largest absolute Gasteiger partial charge is 0.345 e. The van der Waals surface area contributed by atoms with Crippen LogP contribution in [0.5, 0.6) is 0 Å². The summed E-state index contributed by atoms with van der Waals surface area (Å²) < 4.78 is 1.80. The first-order chi connectivity index (χ1) is 8.06. The maximum Gasteiger partial charge on any atom is 0.253 e. The van der Waals surface area contributed by atoms with Crippen molar-refractivity contribution in [1.82, 2.24) is 5.32 Å². The summed E-state index contributed by atoms with van der Waals surface area (Å²) in [6.45, 7) is 0.516. The van der Waals surface area contributed by atoms with Gasteiger partial charge in [-0.15, -0.1) is 23.7 Å². The summed E-state index contributed by atoms with van der Waals surface area (Å²) in [6.07, 6.45) is 4.26. The second-order valence-electron chi connectivity index (χ2n) is 4.38. The molecular formula is C11H15Br2ClN2OS. The van der Waals surface area contributed by atoms with Crippen LogP contribution in [0.25, 0.3) is 0 Å². The van der Waals surface area contributed by atoms with Gasteiger partial charge in [0, 0.05) is 6.54 Å². The van der Waals surface area contributed by atoms with E-state index in [4.69, 9.17) is 5.73 Å². The Morgan fingerprint density at radius 1 is 1.44 bits per heavy atom. The van der Waals surface area contributed by atoms with E-state index in [0.29, 0.717) is 12.1 Å². The molecule has 1 amide bonds. The molecule has 18 heavy (non-hydrogen) atoms. The van der Waals surface area contributed by atoms with Crippen LogP contribution >= 0.6 is 55.6 Å². The van der Waals surface area contributed by atoms with Crippen molar-refractivity contribution >= 4 is 61.5 Å². The van der Waals surface area contributed by atoms with Crippen LogP contribution in [0.4, 0.5) is 0 Å². The fourth-order valence-corrected chi connectivity index (χ4v) is 5.03. The van der Waals surface area contributed by atoms with Crippen LogP contribution in [-0.4, -0.2) is 18.0 Å². The van der Waals surface area contributed by atoms with Crippen molar-refractivity contribution < 1.29 is 4.79 Å². The summed E-state index contributed by atoms with van der Waals surface area (Å²) in [6, 6.07) is 1.84. The standard InChI is InChI=1S/C11H14Br2N2OS.ClH/c12-8-5-7(9(13)17-8)10(16)15-11(6-14)3-1-2-4-11;/h5H,1-4,6,14H2,(H,15,16);1H. The van der Waals surface area contributed by atoms with Crippen molar-refractivity contribution in [1.29, 1.82) is 0 Å². The summed E-state index contributed by atoms with van der Waals surface area (Å²) in [5.74, 6) is -0.0359. The quantitative estimate of drug-likeness (QED) is 0.787. The number of carbonyl (C=O) groups is 1. The molecule has 0 unspecified atom stereocenters. The van der Waals surface area contributed by atoms with Gasteiger partial charge < -0.3 is 11.1 Å². The molecule has 1 heterocycles. The monoisotopic (exact) mass is 416 g/mol. The van der Waals surface area contributed by atoms with E-state index >= 15 is 0 Å². The highest BCUT2D eigenvalue weighted by Gasteiger charge is 2.34. The highest BCUT2D eigenvalue weighted by Crippen LogP contribution is 2.33. The molecule has 7 heteroatoms. The maximum absolute atomic E-state index is 12.2. The second kappa shape index (κ2) is 6.70. The lowest BCUT2D eigenvalue weighted by Gasteiger charge is -2.28. The summed E-state index contributed by atoms with van der Waals surface area (Å²) in [5, 5.41) is 3.10. The fraction of sp³-hybridized carbons (Fsp3) is 0.545. The molecule has 3 N–H and O–H groups in total. The number of nitrogens with one attached hydrogen (secondary N) is 1. The molecule has 0 bridgehead atoms. The number of hydrogen-bond donors (Lipinski definition) is 2. The lowest BCUT2D eigenvalue weighted by atomic mass is 9.97. The fourth-order valence-electron chi connectivity index (χ4n) is 2.24. The van der Waals surface area contributed by atoms with E-state index in [1.54, 1.807) is 0 Å². The molecule has 0 aliphatic heterocycles. The van der Waals surface area contributed by atoms with Crippen LogP contribution in [0.3, 0.4) is 0 Å². The molecule has 102 valence electrons. The van der Waals surface area contributed by atoms with Gasteiger partial charge in [-0.1, -0.05) is 12.8 Å². The van der Waals surface area contributed by atoms with Crippen molar-refractivity contribution in [3.05, 3.63) is 19.2 Å². The Morgan fingerprint density at radius 3 is 2.50 bits per heavy atom. The Balaban J connectivity index is 0.00000162. The molecule has 0 atom stereocenters. The van der Waals surface area contributed by atoms with E-state index < -0.39 is 0 Å². The molecule has 1 aromatic rings. The molecular weight excluding hydrogens is 403 g/mol. The van der Waals surface area contributed by atoms with Crippen LogP contribution in [0, 0.1) is 0 Å². The first-order valence-corrected chi connectivity index (χ1v) is 7.94. The van der Waals surface area contributed by atoms with E-state index in [1.807, 2.05) is 6.07 Å². The van der Waals surface area contributed by atoms with Crippen molar-refractivity contribution in [3.63, 3.8) is 0 Å². The Labute approximate surface area is 134 Å². The van der Waals surface area contributed by atoms with Gasteiger partial charge in [0.1, 0.15) is 0 Å². The molecule has 0 spiro atoms. The Morgan fingerprint density at radius 2 is 2.06 bits per heavy atom. The van der Waals surface area contributed by atoms with Gasteiger partial charge >= 0.3 is 0 Å². The van der Waals surface area contributed by atoms with E-state index in [1.165, 1.54) is 11.3 Å². The Bertz CT molecular complexity index is 433. The van der Waals surface area contributed by atoms with Crippen LogP contribution in [-0.2, 0) is 0 Å². The molecule has 1 fully saturated rings. The van der Waals surface area contributed by atoms with Crippen molar-refractivity contribution in [2.75, 3.05) is 6.54 Å². The number of nitrogens with two attached hydrogens (primary N) is 1. The second-order valence-corrected chi connectivity index (χ2v) is 8.13. The maximum atomic E-state index is 12.2. The van der Waals surface area contributed by atoms with E-state index in [0.717, 1.165) is 33.3 Å². The molecule has 0 aromatic carbocycles. The average molecular weight is 419 g/mol. The summed E-state index contributed by atoms with van der Waals surface area (Å²) in [7, 11) is 0. The van der Waals surface area contributed by atoms with Crippen LogP contribution < -0.4 is 11.1 Å². The summed E-state index contributed by atoms with van der Waals surface area (Å²) in [4.78, 5) is 12.2. The molecule has 1 aromatic heterocycles. The Hall–Kier alpha value is 0.380. The minimum atomic E-state index is -0.190. The SMILES string of the molecule is Cl.NCC1(NC(=O)c2cc(Br)sc2Br)CCCC1. The predicted octanol–water partition coefficient (Wildman–Crippen LogP) is 3.70. The van der Waals surface area contributed by atoms with Gasteiger partial charge in [-0.25, -0.2) is 0 Å². The molecule has 0 saturated heterocycles. The predicted molar refractivity (Wildman–Crippen MR) is 84.7 cm³/mol. The van der Waals surface area contributed by atoms with Crippen LogP contribution in [0.1, 0.15) is 36.0 Å². The number of thiophene rings is 1. The smallest absolute Gasteiger partial charge is 0.253 e. The highest BCUT2D eigenvalue weighted by molar-refractivity contribution is 9.12. The lowest BCUT2D eigenvalue weighted by Crippen LogP contribution is -2.51. The summed E-state index contributed by atoms with van der Waals surface area (Å²) in [5.41, 5.74) is 6.30. The van der Waals surface area contributed by atoms with Gasteiger partial charge in [-0.2, -0.15) is 0 Å². The third-order valence-electron chi connectivity index (χ3n) is 3.23. The van der Waals surface area contributed by atoms with Gasteiger partial charge in [0.25, 0.3) is 5.91 Å². The number of amides is 1. The van der Waals surface area contributed by atoms with Crippen LogP contribution in [0.2, 0.25) is 0 Å². The summed E-state index contributed by atoms with van der Waals surface area (Å²) >= 11 is 8.28. The van der Waals surface area contributed by atoms with E-state index in [9.17, 15) is 4.79 Å². The molecule has 0 radical (unpaired) electrons. The number of carbonyl (C=O) groups excluding carboxylic acids is 1. The molecule has 1 aliphatic rings. The zero-order valence-corrected chi connectivity index (χ0v) is 14.5. The topological polar surface area (TPSA) is 55.1 Å². The van der Waals surface area contributed by atoms with Gasteiger partial charge in [-0.05, 0) is 50.8 Å². The van der Waals surface area contributed by atoms with Crippen LogP contribution in [0.15, 0.2) is 13.6 Å². The van der Waals surface area contributed by atoms with E-state index in [2.05, 4.69) is 37.2 Å². The number of hydrogen-bond acceptors (Lipinski definition) is 3. The van der Waals surface area contributed by atoms with Gasteiger partial charge in [0.15, 0.2) is 0 Å². The van der Waals surface area contributed by atoms with Gasteiger partial charge in [-0.3, -0.25) is 4.79 Å².